The summed E-state index contributed by atoms with van der Waals surface area (Å²) in [6, 6.07) is 1.47. The molecular formula is C8H12N2O2. The lowest BCUT2D eigenvalue weighted by atomic mass is 10.1. The first-order valence-corrected chi connectivity index (χ1v) is 3.68. The predicted octanol–water partition coefficient (Wildman–Crippen LogP) is 0.821. The van der Waals surface area contributed by atoms with E-state index < -0.39 is 0 Å². The van der Waals surface area contributed by atoms with Crippen LogP contribution in [0, 0.1) is 0 Å². The molecule has 0 radical (unpaired) electrons. The van der Waals surface area contributed by atoms with Gasteiger partial charge >= 0.3 is 5.97 Å². The molecule has 1 aromatic heterocycles. The lowest BCUT2D eigenvalue weighted by Crippen LogP contribution is -2.11. The Kier molecular flexibility index (Phi) is 2.50. The largest absolute Gasteiger partial charge is 0.465 e. The van der Waals surface area contributed by atoms with Crippen molar-refractivity contribution in [2.24, 2.45) is 5.73 Å². The zero-order chi connectivity index (χ0) is 9.14. The van der Waals surface area contributed by atoms with Crippen LogP contribution in [0.5, 0.6) is 0 Å². The summed E-state index contributed by atoms with van der Waals surface area (Å²) in [4.78, 5) is 14.0. The van der Waals surface area contributed by atoms with Crippen LogP contribution in [0.25, 0.3) is 0 Å². The lowest BCUT2D eigenvalue weighted by Gasteiger charge is -2.04. The topological polar surface area (TPSA) is 68.1 Å². The molecule has 0 spiro atoms. The van der Waals surface area contributed by atoms with E-state index in [0.29, 0.717) is 11.3 Å². The number of esters is 1. The minimum Gasteiger partial charge on any atom is -0.465 e. The summed E-state index contributed by atoms with van der Waals surface area (Å²) < 4.78 is 4.57. The zero-order valence-corrected chi connectivity index (χ0v) is 7.13. The summed E-state index contributed by atoms with van der Waals surface area (Å²) in [7, 11) is 1.35. The molecule has 4 nitrogen and oxygen atoms in total. The Morgan fingerprint density at radius 2 is 2.42 bits per heavy atom. The maximum absolute atomic E-state index is 11.1. The smallest absolute Gasteiger partial charge is 0.339 e. The summed E-state index contributed by atoms with van der Waals surface area (Å²) in [5, 5.41) is 0. The van der Waals surface area contributed by atoms with Gasteiger partial charge in [-0.2, -0.15) is 0 Å². The standard InChI is InChI=1S/C8H12N2O2/c1-5(9)7-6(3-4-10-7)8(11)12-2/h3-5,10H,9H2,1-2H3. The second-order valence-corrected chi connectivity index (χ2v) is 2.59. The van der Waals surface area contributed by atoms with E-state index in [1.807, 2.05) is 0 Å². The highest BCUT2D eigenvalue weighted by Crippen LogP contribution is 2.14. The number of nitrogens with one attached hydrogen (secondary N) is 1. The maximum atomic E-state index is 11.1. The molecule has 0 saturated heterocycles. The molecule has 0 aromatic carbocycles. The Morgan fingerprint density at radius 1 is 1.75 bits per heavy atom. The SMILES string of the molecule is COC(=O)c1cc[nH]c1C(C)N. The zero-order valence-electron chi connectivity index (χ0n) is 7.13. The van der Waals surface area contributed by atoms with E-state index in [1.165, 1.54) is 7.11 Å². The number of rotatable bonds is 2. The van der Waals surface area contributed by atoms with Gasteiger partial charge in [-0.3, -0.25) is 0 Å². The van der Waals surface area contributed by atoms with Crippen LogP contribution in [0.15, 0.2) is 12.3 Å². The normalized spacial score (nSPS) is 12.6. The molecular weight excluding hydrogens is 156 g/mol. The number of carbonyl (C=O) groups excluding carboxylic acids is 1. The Balaban J connectivity index is 2.99. The van der Waals surface area contributed by atoms with Crippen LogP contribution in [-0.4, -0.2) is 18.1 Å². The molecule has 66 valence electrons. The van der Waals surface area contributed by atoms with E-state index in [0.717, 1.165) is 0 Å². The third-order valence-electron chi connectivity index (χ3n) is 1.64. The van der Waals surface area contributed by atoms with Crippen LogP contribution in [0.2, 0.25) is 0 Å². The second kappa shape index (κ2) is 3.40. The van der Waals surface area contributed by atoms with Crippen molar-refractivity contribution in [3.05, 3.63) is 23.5 Å². The van der Waals surface area contributed by atoms with Crippen LogP contribution in [0.1, 0.15) is 29.0 Å². The minimum atomic E-state index is -0.358. The summed E-state index contributed by atoms with van der Waals surface area (Å²) >= 11 is 0. The number of aromatic amines is 1. The van der Waals surface area contributed by atoms with Gasteiger partial charge in [0, 0.05) is 17.9 Å². The first-order chi connectivity index (χ1) is 5.66. The van der Waals surface area contributed by atoms with Crippen molar-refractivity contribution < 1.29 is 9.53 Å². The summed E-state index contributed by atoms with van der Waals surface area (Å²) in [5.41, 5.74) is 6.83. The molecule has 12 heavy (non-hydrogen) atoms. The van der Waals surface area contributed by atoms with E-state index in [4.69, 9.17) is 5.73 Å². The Hall–Kier alpha value is -1.29. The predicted molar refractivity (Wildman–Crippen MR) is 44.7 cm³/mol. The molecule has 3 N–H and O–H groups in total. The number of H-pyrrole nitrogens is 1. The first kappa shape index (κ1) is 8.80. The molecule has 1 rings (SSSR count). The monoisotopic (exact) mass is 168 g/mol. The first-order valence-electron chi connectivity index (χ1n) is 3.68. The molecule has 4 heteroatoms. The number of hydrogen-bond acceptors (Lipinski definition) is 3. The summed E-state index contributed by atoms with van der Waals surface area (Å²) in [6.45, 7) is 1.80. The molecule has 0 fully saturated rings. The number of nitrogens with two attached hydrogens (primary N) is 1. The van der Waals surface area contributed by atoms with Crippen molar-refractivity contribution in [1.29, 1.82) is 0 Å². The molecule has 1 atom stereocenters. The van der Waals surface area contributed by atoms with Crippen molar-refractivity contribution in [2.45, 2.75) is 13.0 Å². The van der Waals surface area contributed by atoms with Crippen LogP contribution in [-0.2, 0) is 4.74 Å². The highest BCUT2D eigenvalue weighted by Gasteiger charge is 2.14. The quantitative estimate of drug-likeness (QED) is 0.642. The number of ether oxygens (including phenoxy) is 1. The van der Waals surface area contributed by atoms with Crippen LogP contribution in [0.3, 0.4) is 0 Å². The molecule has 0 aliphatic rings. The Bertz CT molecular complexity index is 278. The average molecular weight is 168 g/mol. The van der Waals surface area contributed by atoms with Crippen LogP contribution in [0.4, 0.5) is 0 Å². The number of hydrogen-bond donors (Lipinski definition) is 2. The van der Waals surface area contributed by atoms with Crippen molar-refractivity contribution in [3.63, 3.8) is 0 Å². The third-order valence-corrected chi connectivity index (χ3v) is 1.64. The van der Waals surface area contributed by atoms with E-state index in [1.54, 1.807) is 19.2 Å². The van der Waals surface area contributed by atoms with Crippen molar-refractivity contribution in [2.75, 3.05) is 7.11 Å². The maximum Gasteiger partial charge on any atom is 0.339 e. The molecule has 1 heterocycles. The molecule has 0 saturated carbocycles. The lowest BCUT2D eigenvalue weighted by molar-refractivity contribution is 0.0599. The van der Waals surface area contributed by atoms with Gasteiger partial charge in [-0.05, 0) is 13.0 Å². The number of carbonyl (C=O) groups is 1. The number of methoxy groups -OCH3 is 1. The second-order valence-electron chi connectivity index (χ2n) is 2.59. The van der Waals surface area contributed by atoms with Crippen LogP contribution < -0.4 is 5.73 Å². The van der Waals surface area contributed by atoms with Gasteiger partial charge in [-0.15, -0.1) is 0 Å². The van der Waals surface area contributed by atoms with E-state index >= 15 is 0 Å². The van der Waals surface area contributed by atoms with Gasteiger partial charge in [-0.1, -0.05) is 0 Å². The molecule has 1 aromatic rings. The van der Waals surface area contributed by atoms with Crippen molar-refractivity contribution in [1.82, 2.24) is 4.98 Å². The van der Waals surface area contributed by atoms with E-state index in [2.05, 4.69) is 9.72 Å². The third kappa shape index (κ3) is 1.48. The molecule has 0 aliphatic carbocycles. The van der Waals surface area contributed by atoms with Gasteiger partial charge in [0.1, 0.15) is 0 Å². The summed E-state index contributed by atoms with van der Waals surface area (Å²) in [6.07, 6.45) is 1.67. The fourth-order valence-corrected chi connectivity index (χ4v) is 1.05. The Morgan fingerprint density at radius 3 is 2.92 bits per heavy atom. The number of aromatic nitrogens is 1. The van der Waals surface area contributed by atoms with Crippen LogP contribution >= 0.6 is 0 Å². The average Bonchev–Trinajstić information content (AvgIpc) is 2.50. The van der Waals surface area contributed by atoms with Crippen molar-refractivity contribution >= 4 is 5.97 Å². The highest BCUT2D eigenvalue weighted by atomic mass is 16.5. The Labute approximate surface area is 70.7 Å². The van der Waals surface area contributed by atoms with Gasteiger partial charge in [0.05, 0.1) is 12.7 Å². The van der Waals surface area contributed by atoms with Gasteiger partial charge in [-0.25, -0.2) is 4.79 Å². The molecule has 1 unspecified atom stereocenters. The minimum absolute atomic E-state index is 0.186. The fourth-order valence-electron chi connectivity index (χ4n) is 1.05. The molecule has 0 amide bonds. The van der Waals surface area contributed by atoms with Gasteiger partial charge < -0.3 is 15.5 Å². The van der Waals surface area contributed by atoms with E-state index in [-0.39, 0.29) is 12.0 Å². The highest BCUT2D eigenvalue weighted by molar-refractivity contribution is 5.90. The van der Waals surface area contributed by atoms with Gasteiger partial charge in [0.2, 0.25) is 0 Å². The summed E-state index contributed by atoms with van der Waals surface area (Å²) in [5.74, 6) is -0.358. The van der Waals surface area contributed by atoms with E-state index in [9.17, 15) is 4.79 Å². The van der Waals surface area contributed by atoms with Gasteiger partial charge in [0.15, 0.2) is 0 Å². The fraction of sp³-hybridized carbons (Fsp3) is 0.375. The van der Waals surface area contributed by atoms with Crippen molar-refractivity contribution in [3.8, 4) is 0 Å². The molecule has 0 bridgehead atoms. The van der Waals surface area contributed by atoms with Gasteiger partial charge in [0.25, 0.3) is 0 Å². The molecule has 0 aliphatic heterocycles.